The van der Waals surface area contributed by atoms with Gasteiger partial charge >= 0.3 is 5.97 Å². The third-order valence-corrected chi connectivity index (χ3v) is 3.22. The van der Waals surface area contributed by atoms with Gasteiger partial charge in [-0.25, -0.2) is 4.79 Å². The van der Waals surface area contributed by atoms with E-state index in [2.05, 4.69) is 6.07 Å². The fraction of sp³-hybridized carbons (Fsp3) is 0.222. The van der Waals surface area contributed by atoms with Gasteiger partial charge in [0.15, 0.2) is 6.61 Å². The lowest BCUT2D eigenvalue weighted by Gasteiger charge is -2.10. The molecule has 112 valence electrons. The van der Waals surface area contributed by atoms with Crippen molar-refractivity contribution in [2.75, 3.05) is 6.61 Å². The Labute approximate surface area is 129 Å². The number of hydrogen-bond acceptors (Lipinski definition) is 4. The van der Waals surface area contributed by atoms with E-state index in [0.29, 0.717) is 16.9 Å². The lowest BCUT2D eigenvalue weighted by Crippen LogP contribution is -2.15. The first-order valence-electron chi connectivity index (χ1n) is 6.94. The smallest absolute Gasteiger partial charge is 0.344 e. The highest BCUT2D eigenvalue weighted by atomic mass is 16.6. The Hall–Kier alpha value is -2.80. The lowest BCUT2D eigenvalue weighted by atomic mass is 10.1. The van der Waals surface area contributed by atoms with Crippen molar-refractivity contribution in [3.05, 3.63) is 64.7 Å². The average molecular weight is 295 g/mol. The number of nitrogens with zero attached hydrogens (tertiary/aromatic N) is 1. The average Bonchev–Trinajstić information content (AvgIpc) is 2.54. The molecule has 0 aliphatic rings. The summed E-state index contributed by atoms with van der Waals surface area (Å²) in [5.74, 6) is 0.211. The van der Waals surface area contributed by atoms with Crippen LogP contribution in [0.1, 0.15) is 22.3 Å². The maximum absolute atomic E-state index is 11.8. The van der Waals surface area contributed by atoms with Crippen molar-refractivity contribution in [1.82, 2.24) is 0 Å². The Morgan fingerprint density at radius 2 is 1.95 bits per heavy atom. The van der Waals surface area contributed by atoms with Crippen LogP contribution in [0.15, 0.2) is 42.5 Å². The number of hydrogen-bond donors (Lipinski definition) is 0. The molecule has 2 rings (SSSR count). The second-order valence-corrected chi connectivity index (χ2v) is 4.99. The number of esters is 1. The summed E-state index contributed by atoms with van der Waals surface area (Å²) < 4.78 is 10.6. The first kappa shape index (κ1) is 15.6. The molecule has 0 aliphatic heterocycles. The van der Waals surface area contributed by atoms with Gasteiger partial charge in [0, 0.05) is 5.56 Å². The number of nitriles is 1. The summed E-state index contributed by atoms with van der Waals surface area (Å²) in [6, 6.07) is 14.9. The van der Waals surface area contributed by atoms with Crippen LogP contribution in [-0.2, 0) is 16.1 Å². The zero-order valence-electron chi connectivity index (χ0n) is 12.6. The van der Waals surface area contributed by atoms with Crippen molar-refractivity contribution in [1.29, 1.82) is 5.26 Å². The van der Waals surface area contributed by atoms with Gasteiger partial charge in [0.05, 0.1) is 11.6 Å². The molecule has 0 aromatic heterocycles. The van der Waals surface area contributed by atoms with E-state index < -0.39 is 5.97 Å². The molecule has 0 saturated heterocycles. The van der Waals surface area contributed by atoms with Gasteiger partial charge in [-0.3, -0.25) is 0 Å². The molecule has 0 aliphatic carbocycles. The van der Waals surface area contributed by atoms with Crippen LogP contribution in [0.2, 0.25) is 0 Å². The van der Waals surface area contributed by atoms with E-state index in [1.54, 1.807) is 24.3 Å². The van der Waals surface area contributed by atoms with Crippen molar-refractivity contribution >= 4 is 5.97 Å². The Bertz CT molecular complexity index is 717. The molecular formula is C18H17NO3. The molecule has 2 aromatic rings. The summed E-state index contributed by atoms with van der Waals surface area (Å²) in [5.41, 5.74) is 3.22. The molecular weight excluding hydrogens is 278 g/mol. The van der Waals surface area contributed by atoms with E-state index in [9.17, 15) is 4.79 Å². The highest BCUT2D eigenvalue weighted by Gasteiger charge is 2.08. The molecule has 0 saturated carbocycles. The SMILES string of the molecule is Cc1ccc(C)c(OCC(=O)OCc2ccccc2C#N)c1. The van der Waals surface area contributed by atoms with Crippen LogP contribution >= 0.6 is 0 Å². The third-order valence-electron chi connectivity index (χ3n) is 3.22. The minimum atomic E-state index is -0.464. The summed E-state index contributed by atoms with van der Waals surface area (Å²) in [6.45, 7) is 3.80. The molecule has 4 heteroatoms. The van der Waals surface area contributed by atoms with Gasteiger partial charge in [-0.2, -0.15) is 5.26 Å². The fourth-order valence-electron chi connectivity index (χ4n) is 1.95. The van der Waals surface area contributed by atoms with Crippen molar-refractivity contribution in [3.8, 4) is 11.8 Å². The molecule has 0 spiro atoms. The predicted octanol–water partition coefficient (Wildman–Crippen LogP) is 3.30. The number of aryl methyl sites for hydroxylation is 2. The first-order valence-corrected chi connectivity index (χ1v) is 6.94. The molecule has 0 heterocycles. The summed E-state index contributed by atoms with van der Waals surface area (Å²) in [4.78, 5) is 11.8. The molecule has 2 aromatic carbocycles. The molecule has 22 heavy (non-hydrogen) atoms. The number of carbonyl (C=O) groups excluding carboxylic acids is 1. The molecule has 0 unspecified atom stereocenters. The highest BCUT2D eigenvalue weighted by molar-refractivity contribution is 5.71. The van der Waals surface area contributed by atoms with Gasteiger partial charge in [0.2, 0.25) is 0 Å². The molecule has 0 radical (unpaired) electrons. The van der Waals surface area contributed by atoms with Crippen LogP contribution in [-0.4, -0.2) is 12.6 Å². The monoisotopic (exact) mass is 295 g/mol. The van der Waals surface area contributed by atoms with E-state index >= 15 is 0 Å². The molecule has 0 amide bonds. The first-order chi connectivity index (χ1) is 10.6. The van der Waals surface area contributed by atoms with Crippen molar-refractivity contribution < 1.29 is 14.3 Å². The molecule has 0 fully saturated rings. The number of rotatable bonds is 5. The maximum Gasteiger partial charge on any atom is 0.344 e. The molecule has 4 nitrogen and oxygen atoms in total. The Morgan fingerprint density at radius 1 is 1.18 bits per heavy atom. The van der Waals surface area contributed by atoms with Crippen LogP contribution in [0, 0.1) is 25.2 Å². The molecule has 0 N–H and O–H groups in total. The van der Waals surface area contributed by atoms with E-state index in [0.717, 1.165) is 11.1 Å². The summed E-state index contributed by atoms with van der Waals surface area (Å²) >= 11 is 0. The van der Waals surface area contributed by atoms with Gasteiger partial charge in [0.25, 0.3) is 0 Å². The quantitative estimate of drug-likeness (QED) is 0.794. The van der Waals surface area contributed by atoms with Crippen LogP contribution in [0.4, 0.5) is 0 Å². The van der Waals surface area contributed by atoms with Gasteiger partial charge in [-0.15, -0.1) is 0 Å². The van der Waals surface area contributed by atoms with Crippen LogP contribution in [0.25, 0.3) is 0 Å². The van der Waals surface area contributed by atoms with Crippen molar-refractivity contribution in [2.45, 2.75) is 20.5 Å². The minimum Gasteiger partial charge on any atom is -0.482 e. The number of carbonyl (C=O) groups is 1. The topological polar surface area (TPSA) is 59.3 Å². The maximum atomic E-state index is 11.8. The molecule has 0 bridgehead atoms. The van der Waals surface area contributed by atoms with E-state index in [1.807, 2.05) is 32.0 Å². The zero-order valence-corrected chi connectivity index (χ0v) is 12.6. The third kappa shape index (κ3) is 4.10. The van der Waals surface area contributed by atoms with E-state index in [1.165, 1.54) is 0 Å². The standard InChI is InChI=1S/C18H17NO3/c1-13-7-8-14(2)17(9-13)21-12-18(20)22-11-16-6-4-3-5-15(16)10-19/h3-9H,11-12H2,1-2H3. The van der Waals surface area contributed by atoms with Crippen molar-refractivity contribution in [2.24, 2.45) is 0 Å². The number of benzene rings is 2. The summed E-state index contributed by atoms with van der Waals surface area (Å²) in [5, 5.41) is 8.98. The van der Waals surface area contributed by atoms with Gasteiger partial charge in [-0.1, -0.05) is 30.3 Å². The Balaban J connectivity index is 1.89. The normalized spacial score (nSPS) is 9.86. The Morgan fingerprint density at radius 3 is 2.73 bits per heavy atom. The van der Waals surface area contributed by atoms with Gasteiger partial charge in [-0.05, 0) is 37.1 Å². The van der Waals surface area contributed by atoms with Gasteiger partial charge in [0.1, 0.15) is 12.4 Å². The highest BCUT2D eigenvalue weighted by Crippen LogP contribution is 2.19. The molecule has 0 atom stereocenters. The van der Waals surface area contributed by atoms with E-state index in [4.69, 9.17) is 14.7 Å². The minimum absolute atomic E-state index is 0.0682. The zero-order chi connectivity index (χ0) is 15.9. The van der Waals surface area contributed by atoms with Gasteiger partial charge < -0.3 is 9.47 Å². The van der Waals surface area contributed by atoms with Crippen molar-refractivity contribution in [3.63, 3.8) is 0 Å². The van der Waals surface area contributed by atoms with E-state index in [-0.39, 0.29) is 13.2 Å². The summed E-state index contributed by atoms with van der Waals surface area (Å²) in [6.07, 6.45) is 0. The van der Waals surface area contributed by atoms with Crippen LogP contribution < -0.4 is 4.74 Å². The van der Waals surface area contributed by atoms with Crippen LogP contribution in [0.3, 0.4) is 0 Å². The second kappa shape index (κ2) is 7.28. The Kier molecular flexibility index (Phi) is 5.16. The van der Waals surface area contributed by atoms with Crippen LogP contribution in [0.5, 0.6) is 5.75 Å². The second-order valence-electron chi connectivity index (χ2n) is 4.99. The largest absolute Gasteiger partial charge is 0.482 e. The predicted molar refractivity (Wildman–Crippen MR) is 82.4 cm³/mol. The number of ether oxygens (including phenoxy) is 2. The fourth-order valence-corrected chi connectivity index (χ4v) is 1.95. The lowest BCUT2D eigenvalue weighted by molar-refractivity contribution is -0.147. The summed E-state index contributed by atoms with van der Waals surface area (Å²) in [7, 11) is 0.